The van der Waals surface area contributed by atoms with E-state index in [-0.39, 0.29) is 0 Å². The van der Waals surface area contributed by atoms with Crippen molar-refractivity contribution in [1.82, 2.24) is 5.32 Å². The Morgan fingerprint density at radius 3 is 2.56 bits per heavy atom. The van der Waals surface area contributed by atoms with Crippen LogP contribution in [0.2, 0.25) is 0 Å². The van der Waals surface area contributed by atoms with E-state index in [1.54, 1.807) is 11.8 Å². The van der Waals surface area contributed by atoms with E-state index in [0.29, 0.717) is 0 Å². The molecular weight excluding hydrogens is 234 g/mol. The van der Waals surface area contributed by atoms with Gasteiger partial charge in [-0.2, -0.15) is 11.8 Å². The van der Waals surface area contributed by atoms with Crippen molar-refractivity contribution in [2.75, 3.05) is 17.8 Å². The van der Waals surface area contributed by atoms with Crippen LogP contribution in [-0.2, 0) is 6.54 Å². The Labute approximate surface area is 107 Å². The van der Waals surface area contributed by atoms with Gasteiger partial charge >= 0.3 is 0 Å². The van der Waals surface area contributed by atoms with Gasteiger partial charge in [-0.1, -0.05) is 12.1 Å². The van der Waals surface area contributed by atoms with Crippen molar-refractivity contribution < 1.29 is 0 Å². The first-order chi connectivity index (χ1) is 7.88. The molecule has 1 aliphatic heterocycles. The molecule has 0 aliphatic carbocycles. The molecule has 1 N–H and O–H groups in total. The van der Waals surface area contributed by atoms with Gasteiger partial charge in [-0.25, -0.2) is 0 Å². The summed E-state index contributed by atoms with van der Waals surface area (Å²) in [6, 6.07) is 9.62. The van der Waals surface area contributed by atoms with Gasteiger partial charge in [-0.3, -0.25) is 0 Å². The van der Waals surface area contributed by atoms with Gasteiger partial charge in [-0.15, -0.1) is 11.8 Å². The average molecular weight is 253 g/mol. The van der Waals surface area contributed by atoms with Crippen molar-refractivity contribution in [3.05, 3.63) is 29.8 Å². The molecule has 0 amide bonds. The third-order valence-corrected chi connectivity index (χ3v) is 4.77. The molecule has 1 saturated heterocycles. The van der Waals surface area contributed by atoms with E-state index in [1.165, 1.54) is 34.8 Å². The lowest BCUT2D eigenvalue weighted by Gasteiger charge is -2.22. The standard InChI is InChI=1S/C13H19NS2/c1-15-13-4-2-11(3-5-13)10-14-12-6-8-16-9-7-12/h2-5,12,14H,6-10H2,1H3. The largest absolute Gasteiger partial charge is 0.310 e. The SMILES string of the molecule is CSc1ccc(CNC2CCSCC2)cc1. The monoisotopic (exact) mass is 253 g/mol. The van der Waals surface area contributed by atoms with Crippen molar-refractivity contribution in [2.45, 2.75) is 30.3 Å². The fraction of sp³-hybridized carbons (Fsp3) is 0.538. The third kappa shape index (κ3) is 3.72. The molecule has 16 heavy (non-hydrogen) atoms. The minimum Gasteiger partial charge on any atom is -0.310 e. The van der Waals surface area contributed by atoms with Crippen LogP contribution in [0.1, 0.15) is 18.4 Å². The molecule has 1 heterocycles. The molecule has 1 aromatic rings. The summed E-state index contributed by atoms with van der Waals surface area (Å²) >= 11 is 3.88. The molecule has 0 bridgehead atoms. The first-order valence-electron chi connectivity index (χ1n) is 5.82. The molecule has 3 heteroatoms. The van der Waals surface area contributed by atoms with Gasteiger partial charge in [0, 0.05) is 17.5 Å². The van der Waals surface area contributed by atoms with Crippen molar-refractivity contribution in [3.8, 4) is 0 Å². The maximum atomic E-state index is 3.66. The van der Waals surface area contributed by atoms with Crippen LogP contribution in [0.25, 0.3) is 0 Å². The molecule has 1 fully saturated rings. The lowest BCUT2D eigenvalue weighted by atomic mass is 10.1. The summed E-state index contributed by atoms with van der Waals surface area (Å²) < 4.78 is 0. The molecule has 0 unspecified atom stereocenters. The van der Waals surface area contributed by atoms with Crippen molar-refractivity contribution in [3.63, 3.8) is 0 Å². The zero-order chi connectivity index (χ0) is 11.2. The molecule has 0 atom stereocenters. The zero-order valence-corrected chi connectivity index (χ0v) is 11.4. The van der Waals surface area contributed by atoms with E-state index in [2.05, 4.69) is 47.6 Å². The number of hydrogen-bond donors (Lipinski definition) is 1. The van der Waals surface area contributed by atoms with Crippen LogP contribution in [0, 0.1) is 0 Å². The van der Waals surface area contributed by atoms with Gasteiger partial charge < -0.3 is 5.32 Å². The molecule has 0 saturated carbocycles. The average Bonchev–Trinajstić information content (AvgIpc) is 2.38. The molecule has 88 valence electrons. The highest BCUT2D eigenvalue weighted by atomic mass is 32.2. The second-order valence-corrected chi connectivity index (χ2v) is 6.22. The predicted molar refractivity (Wildman–Crippen MR) is 75.4 cm³/mol. The molecular formula is C13H19NS2. The molecule has 1 aromatic carbocycles. The lowest BCUT2D eigenvalue weighted by molar-refractivity contribution is 0.482. The maximum absolute atomic E-state index is 3.66. The van der Waals surface area contributed by atoms with Crippen LogP contribution >= 0.6 is 23.5 Å². The number of thioether (sulfide) groups is 2. The van der Waals surface area contributed by atoms with Crippen LogP contribution in [0.15, 0.2) is 29.2 Å². The lowest BCUT2D eigenvalue weighted by Crippen LogP contribution is -2.31. The molecule has 0 spiro atoms. The van der Waals surface area contributed by atoms with E-state index in [1.807, 2.05) is 0 Å². The molecule has 0 aromatic heterocycles. The summed E-state index contributed by atoms with van der Waals surface area (Å²) in [5.74, 6) is 2.64. The van der Waals surface area contributed by atoms with Gasteiger partial charge in [0.05, 0.1) is 0 Å². The predicted octanol–water partition coefficient (Wildman–Crippen LogP) is 3.39. The van der Waals surface area contributed by atoms with E-state index in [9.17, 15) is 0 Å². The smallest absolute Gasteiger partial charge is 0.0208 e. The van der Waals surface area contributed by atoms with Gasteiger partial charge in [0.25, 0.3) is 0 Å². The van der Waals surface area contributed by atoms with Crippen molar-refractivity contribution in [2.24, 2.45) is 0 Å². The van der Waals surface area contributed by atoms with Crippen LogP contribution in [-0.4, -0.2) is 23.8 Å². The third-order valence-electron chi connectivity index (χ3n) is 2.98. The Kier molecular flexibility index (Phi) is 5.07. The Morgan fingerprint density at radius 2 is 1.94 bits per heavy atom. The Bertz CT molecular complexity index is 304. The Morgan fingerprint density at radius 1 is 1.25 bits per heavy atom. The summed E-state index contributed by atoms with van der Waals surface area (Å²) in [4.78, 5) is 1.35. The Hall–Kier alpha value is -0.120. The minimum atomic E-state index is 0.737. The summed E-state index contributed by atoms with van der Waals surface area (Å²) in [6.07, 6.45) is 4.77. The van der Waals surface area contributed by atoms with Gasteiger partial charge in [0.2, 0.25) is 0 Å². The maximum Gasteiger partial charge on any atom is 0.0208 e. The quantitative estimate of drug-likeness (QED) is 0.826. The van der Waals surface area contributed by atoms with Gasteiger partial charge in [0.1, 0.15) is 0 Å². The summed E-state index contributed by atoms with van der Waals surface area (Å²) in [7, 11) is 0. The fourth-order valence-corrected chi connectivity index (χ4v) is 3.42. The molecule has 2 rings (SSSR count). The van der Waals surface area contributed by atoms with Gasteiger partial charge in [0.15, 0.2) is 0 Å². The highest BCUT2D eigenvalue weighted by Crippen LogP contribution is 2.18. The topological polar surface area (TPSA) is 12.0 Å². The van der Waals surface area contributed by atoms with Crippen molar-refractivity contribution >= 4 is 23.5 Å². The molecule has 1 aliphatic rings. The number of rotatable bonds is 4. The first-order valence-corrected chi connectivity index (χ1v) is 8.20. The second kappa shape index (κ2) is 6.58. The highest BCUT2D eigenvalue weighted by molar-refractivity contribution is 7.99. The van der Waals surface area contributed by atoms with E-state index >= 15 is 0 Å². The molecule has 1 nitrogen and oxygen atoms in total. The summed E-state index contributed by atoms with van der Waals surface area (Å²) in [5.41, 5.74) is 1.40. The van der Waals surface area contributed by atoms with Crippen LogP contribution < -0.4 is 5.32 Å². The number of nitrogens with one attached hydrogen (secondary N) is 1. The summed E-state index contributed by atoms with van der Waals surface area (Å²) in [6.45, 7) is 1.02. The first kappa shape index (κ1) is 12.3. The Balaban J connectivity index is 1.79. The van der Waals surface area contributed by atoms with Crippen molar-refractivity contribution in [1.29, 1.82) is 0 Å². The fourth-order valence-electron chi connectivity index (χ4n) is 1.91. The highest BCUT2D eigenvalue weighted by Gasteiger charge is 2.12. The van der Waals surface area contributed by atoms with Crippen LogP contribution in [0.5, 0.6) is 0 Å². The number of benzene rings is 1. The normalized spacial score (nSPS) is 17.6. The summed E-state index contributed by atoms with van der Waals surface area (Å²) in [5, 5.41) is 3.66. The second-order valence-electron chi connectivity index (χ2n) is 4.12. The van der Waals surface area contributed by atoms with E-state index in [0.717, 1.165) is 12.6 Å². The molecule has 0 radical (unpaired) electrons. The van der Waals surface area contributed by atoms with E-state index in [4.69, 9.17) is 0 Å². The zero-order valence-electron chi connectivity index (χ0n) is 9.74. The van der Waals surface area contributed by atoms with Crippen LogP contribution in [0.3, 0.4) is 0 Å². The van der Waals surface area contributed by atoms with E-state index < -0.39 is 0 Å². The van der Waals surface area contributed by atoms with Gasteiger partial charge in [-0.05, 0) is 48.3 Å². The number of hydrogen-bond acceptors (Lipinski definition) is 3. The van der Waals surface area contributed by atoms with Crippen LogP contribution in [0.4, 0.5) is 0 Å². The minimum absolute atomic E-state index is 0.737.